The summed E-state index contributed by atoms with van der Waals surface area (Å²) >= 11 is 0. The number of hydrogen-bond acceptors (Lipinski definition) is 4. The van der Waals surface area contributed by atoms with Crippen molar-refractivity contribution in [3.05, 3.63) is 17.9 Å². The molecule has 1 aromatic rings. The Morgan fingerprint density at radius 1 is 1.48 bits per heavy atom. The van der Waals surface area contributed by atoms with Crippen molar-refractivity contribution in [2.75, 3.05) is 23.7 Å². The quantitative estimate of drug-likeness (QED) is 0.830. The molecule has 1 amide bonds. The van der Waals surface area contributed by atoms with Crippen molar-refractivity contribution in [2.45, 2.75) is 20.0 Å². The zero-order chi connectivity index (χ0) is 15.8. The highest BCUT2D eigenvalue weighted by atomic mass is 19.3. The van der Waals surface area contributed by atoms with Gasteiger partial charge in [0.15, 0.2) is 11.6 Å². The van der Waals surface area contributed by atoms with Gasteiger partial charge in [0.1, 0.15) is 0 Å². The van der Waals surface area contributed by atoms with Gasteiger partial charge in [0, 0.05) is 25.2 Å². The smallest absolute Gasteiger partial charge is 0.387 e. The van der Waals surface area contributed by atoms with Crippen LogP contribution >= 0.6 is 0 Å². The minimum atomic E-state index is -3.13. The second-order valence-electron chi connectivity index (χ2n) is 5.32. The molecule has 1 unspecified atom stereocenters. The summed E-state index contributed by atoms with van der Waals surface area (Å²) in [5, 5.41) is 0. The molecule has 5 nitrogen and oxygen atoms in total. The predicted molar refractivity (Wildman–Crippen MR) is 71.6 cm³/mol. The number of alkyl halides is 2. The summed E-state index contributed by atoms with van der Waals surface area (Å²) in [4.78, 5) is 13.1. The molecule has 1 saturated heterocycles. The number of hydrogen-bond donors (Lipinski definition) is 2. The fourth-order valence-corrected chi connectivity index (χ4v) is 2.39. The Labute approximate surface area is 119 Å². The van der Waals surface area contributed by atoms with Gasteiger partial charge in [-0.2, -0.15) is 8.78 Å². The molecule has 0 aromatic heterocycles. The number of amides is 1. The Bertz CT molecular complexity index is 568. The normalized spacial score (nSPS) is 21.9. The first kappa shape index (κ1) is 15.3. The molecule has 1 atom stereocenters. The molecular weight excluding hydrogens is 287 g/mol. The van der Waals surface area contributed by atoms with E-state index in [1.54, 1.807) is 11.8 Å². The molecule has 1 aromatic carbocycles. The van der Waals surface area contributed by atoms with E-state index in [1.807, 2.05) is 0 Å². The second kappa shape index (κ2) is 5.34. The Balaban J connectivity index is 2.30. The molecule has 0 aliphatic carbocycles. The third-order valence-corrected chi connectivity index (χ3v) is 3.71. The van der Waals surface area contributed by atoms with Gasteiger partial charge in [0.25, 0.3) is 0 Å². The fourth-order valence-electron chi connectivity index (χ4n) is 2.39. The molecule has 8 heteroatoms. The molecule has 1 heterocycles. The maximum atomic E-state index is 13.5. The zero-order valence-corrected chi connectivity index (χ0v) is 11.4. The summed E-state index contributed by atoms with van der Waals surface area (Å²) in [7, 11) is 0. The van der Waals surface area contributed by atoms with Crippen LogP contribution in [0.5, 0.6) is 5.75 Å². The van der Waals surface area contributed by atoms with Crippen LogP contribution in [0, 0.1) is 11.2 Å². The van der Waals surface area contributed by atoms with Gasteiger partial charge < -0.3 is 21.1 Å². The average Bonchev–Trinajstić information content (AvgIpc) is 2.76. The summed E-state index contributed by atoms with van der Waals surface area (Å²) in [5.74, 6) is -2.00. The number of anilines is 2. The molecule has 116 valence electrons. The van der Waals surface area contributed by atoms with E-state index in [1.165, 1.54) is 0 Å². The number of ether oxygens (including phenoxy) is 1. The first-order valence-electron chi connectivity index (χ1n) is 6.31. The maximum absolute atomic E-state index is 13.5. The topological polar surface area (TPSA) is 81.6 Å². The lowest BCUT2D eigenvalue weighted by atomic mass is 9.89. The van der Waals surface area contributed by atoms with Gasteiger partial charge in [-0.25, -0.2) is 4.39 Å². The third-order valence-electron chi connectivity index (χ3n) is 3.71. The summed E-state index contributed by atoms with van der Waals surface area (Å²) in [5.41, 5.74) is 10.8. The number of carbonyl (C=O) groups is 1. The van der Waals surface area contributed by atoms with Crippen LogP contribution < -0.4 is 21.1 Å². The highest BCUT2D eigenvalue weighted by Crippen LogP contribution is 2.38. The first-order chi connectivity index (χ1) is 9.73. The number of rotatable bonds is 4. The number of nitrogens with two attached hydrogens (primary N) is 2. The van der Waals surface area contributed by atoms with Crippen LogP contribution in [-0.4, -0.2) is 25.6 Å². The van der Waals surface area contributed by atoms with Crippen LogP contribution in [0.2, 0.25) is 0 Å². The van der Waals surface area contributed by atoms with E-state index < -0.39 is 29.5 Å². The van der Waals surface area contributed by atoms with E-state index in [2.05, 4.69) is 4.74 Å². The number of carbonyl (C=O) groups excluding carboxylic acids is 1. The number of halogens is 3. The van der Waals surface area contributed by atoms with E-state index >= 15 is 0 Å². The van der Waals surface area contributed by atoms with Gasteiger partial charge in [0.2, 0.25) is 5.91 Å². The van der Waals surface area contributed by atoms with Gasteiger partial charge in [0.05, 0.1) is 16.8 Å². The molecule has 0 saturated carbocycles. The molecule has 0 radical (unpaired) electrons. The van der Waals surface area contributed by atoms with E-state index in [9.17, 15) is 18.0 Å². The van der Waals surface area contributed by atoms with Crippen LogP contribution in [0.3, 0.4) is 0 Å². The minimum absolute atomic E-state index is 0.0860. The standard InChI is InChI=1S/C13H16F3N3O2/c1-13(11(18)20)2-3-19(6-13)9-5-10(21-12(15)16)7(14)4-8(9)17/h4-5,12H,2-3,6,17H2,1H3,(H2,18,20). The Hall–Kier alpha value is -2.12. The summed E-state index contributed by atoms with van der Waals surface area (Å²) < 4.78 is 42.1. The molecule has 1 aliphatic heterocycles. The molecule has 2 rings (SSSR count). The lowest BCUT2D eigenvalue weighted by Crippen LogP contribution is -2.37. The van der Waals surface area contributed by atoms with E-state index in [0.717, 1.165) is 12.1 Å². The summed E-state index contributed by atoms with van der Waals surface area (Å²) in [6.07, 6.45) is 0.504. The third kappa shape index (κ3) is 2.98. The summed E-state index contributed by atoms with van der Waals surface area (Å²) in [6.45, 7) is -0.674. The van der Waals surface area contributed by atoms with E-state index in [4.69, 9.17) is 11.5 Å². The Kier molecular flexibility index (Phi) is 3.89. The van der Waals surface area contributed by atoms with Crippen LogP contribution in [0.15, 0.2) is 12.1 Å². The predicted octanol–water partition coefficient (Wildman–Crippen LogP) is 1.71. The Morgan fingerprint density at radius 2 is 2.14 bits per heavy atom. The van der Waals surface area contributed by atoms with E-state index in [-0.39, 0.29) is 12.2 Å². The molecule has 4 N–H and O–H groups in total. The van der Waals surface area contributed by atoms with Crippen molar-refractivity contribution in [3.8, 4) is 5.75 Å². The number of nitrogens with zero attached hydrogens (tertiary/aromatic N) is 1. The van der Waals surface area contributed by atoms with Crippen molar-refractivity contribution < 1.29 is 22.7 Å². The van der Waals surface area contributed by atoms with Crippen LogP contribution in [0.4, 0.5) is 24.5 Å². The fraction of sp³-hybridized carbons (Fsp3) is 0.462. The summed E-state index contributed by atoms with van der Waals surface area (Å²) in [6, 6.07) is 2.04. The lowest BCUT2D eigenvalue weighted by Gasteiger charge is -2.24. The van der Waals surface area contributed by atoms with Crippen molar-refractivity contribution >= 4 is 17.3 Å². The van der Waals surface area contributed by atoms with Gasteiger partial charge in [-0.05, 0) is 13.3 Å². The van der Waals surface area contributed by atoms with Gasteiger partial charge in [-0.15, -0.1) is 0 Å². The SMILES string of the molecule is CC1(C(N)=O)CCN(c2cc(OC(F)F)c(F)cc2N)C1. The molecular formula is C13H16F3N3O2. The van der Waals surface area contributed by atoms with Crippen LogP contribution in [0.25, 0.3) is 0 Å². The van der Waals surface area contributed by atoms with Crippen LogP contribution in [0.1, 0.15) is 13.3 Å². The molecule has 1 fully saturated rings. The monoisotopic (exact) mass is 303 g/mol. The minimum Gasteiger partial charge on any atom is -0.432 e. The molecule has 21 heavy (non-hydrogen) atoms. The van der Waals surface area contributed by atoms with E-state index in [0.29, 0.717) is 18.7 Å². The highest BCUT2D eigenvalue weighted by molar-refractivity contribution is 5.83. The second-order valence-corrected chi connectivity index (χ2v) is 5.32. The lowest BCUT2D eigenvalue weighted by molar-refractivity contribution is -0.125. The van der Waals surface area contributed by atoms with Gasteiger partial charge in [-0.1, -0.05) is 0 Å². The van der Waals surface area contributed by atoms with Crippen molar-refractivity contribution in [1.82, 2.24) is 0 Å². The van der Waals surface area contributed by atoms with Gasteiger partial charge >= 0.3 is 6.61 Å². The molecule has 0 bridgehead atoms. The zero-order valence-electron chi connectivity index (χ0n) is 11.4. The van der Waals surface area contributed by atoms with Crippen molar-refractivity contribution in [1.29, 1.82) is 0 Å². The number of primary amides is 1. The molecule has 0 spiro atoms. The Morgan fingerprint density at radius 3 is 2.67 bits per heavy atom. The number of nitrogen functional groups attached to an aromatic ring is 1. The average molecular weight is 303 g/mol. The van der Waals surface area contributed by atoms with Crippen molar-refractivity contribution in [2.24, 2.45) is 11.1 Å². The van der Waals surface area contributed by atoms with Crippen molar-refractivity contribution in [3.63, 3.8) is 0 Å². The maximum Gasteiger partial charge on any atom is 0.387 e. The van der Waals surface area contributed by atoms with Crippen LogP contribution in [-0.2, 0) is 4.79 Å². The largest absolute Gasteiger partial charge is 0.432 e. The van der Waals surface area contributed by atoms with Gasteiger partial charge in [-0.3, -0.25) is 4.79 Å². The highest BCUT2D eigenvalue weighted by Gasteiger charge is 2.39. The molecule has 1 aliphatic rings. The first-order valence-corrected chi connectivity index (χ1v) is 6.31. The number of benzene rings is 1.